The molecule has 5 nitrogen and oxygen atoms in total. The second kappa shape index (κ2) is 8.25. The van der Waals surface area contributed by atoms with Gasteiger partial charge in [0.15, 0.2) is 5.69 Å². The summed E-state index contributed by atoms with van der Waals surface area (Å²) in [6, 6.07) is 7.84. The third-order valence-electron chi connectivity index (χ3n) is 5.54. The summed E-state index contributed by atoms with van der Waals surface area (Å²) in [6.45, 7) is 4.78. The Labute approximate surface area is 172 Å². The third kappa shape index (κ3) is 4.51. The zero-order valence-electron chi connectivity index (χ0n) is 16.2. The van der Waals surface area contributed by atoms with Gasteiger partial charge < -0.3 is 10.0 Å². The Morgan fingerprint density at radius 2 is 1.97 bits per heavy atom. The van der Waals surface area contributed by atoms with Gasteiger partial charge in [0.1, 0.15) is 0 Å². The Morgan fingerprint density at radius 1 is 1.31 bits per heavy atom. The number of aryl methyl sites for hydroxylation is 1. The van der Waals surface area contributed by atoms with Crippen molar-refractivity contribution in [1.29, 1.82) is 5.26 Å². The summed E-state index contributed by atoms with van der Waals surface area (Å²) < 4.78 is 40.1. The number of rotatable bonds is 4. The number of aromatic nitrogens is 2. The highest BCUT2D eigenvalue weighted by Gasteiger charge is 2.38. The van der Waals surface area contributed by atoms with Crippen molar-refractivity contribution in [2.75, 3.05) is 18.0 Å². The summed E-state index contributed by atoms with van der Waals surface area (Å²) in [5, 5.41) is 22.8. The van der Waals surface area contributed by atoms with Crippen LogP contribution in [0.5, 0.6) is 0 Å². The van der Waals surface area contributed by atoms with Crippen LogP contribution in [0.4, 0.5) is 18.9 Å². The molecule has 1 atom stereocenters. The van der Waals surface area contributed by atoms with Crippen molar-refractivity contribution in [3.8, 4) is 6.07 Å². The van der Waals surface area contributed by atoms with Crippen LogP contribution in [0.25, 0.3) is 0 Å². The lowest BCUT2D eigenvalue weighted by atomic mass is 9.90. The molecule has 2 heterocycles. The third-order valence-corrected chi connectivity index (χ3v) is 5.99. The number of nitriles is 1. The van der Waals surface area contributed by atoms with Gasteiger partial charge in [0.05, 0.1) is 35.0 Å². The van der Waals surface area contributed by atoms with Gasteiger partial charge in [0.25, 0.3) is 0 Å². The standard InChI is InChI=1S/C20H22ClF3N4O/c1-12-9-16(4-3-15(12)10-25)27-7-5-14(6-8-27)17(29)11-28-13(2)18(21)19(26-28)20(22,23)24/h3-4,9,14,17,29H,5-8,11H2,1-2H3. The first-order valence-corrected chi connectivity index (χ1v) is 9.73. The highest BCUT2D eigenvalue weighted by molar-refractivity contribution is 6.31. The molecular formula is C20H22ClF3N4O. The van der Waals surface area contributed by atoms with Crippen molar-refractivity contribution in [2.45, 2.75) is 45.5 Å². The Hall–Kier alpha value is -2.24. The fourth-order valence-corrected chi connectivity index (χ4v) is 3.96. The Kier molecular flexibility index (Phi) is 6.11. The number of hydrogen-bond donors (Lipinski definition) is 1. The number of aliphatic hydroxyl groups is 1. The Bertz CT molecular complexity index is 927. The van der Waals surface area contributed by atoms with E-state index in [4.69, 9.17) is 16.9 Å². The number of aliphatic hydroxyl groups excluding tert-OH is 1. The van der Waals surface area contributed by atoms with Crippen molar-refractivity contribution in [1.82, 2.24) is 9.78 Å². The molecule has 156 valence electrons. The van der Waals surface area contributed by atoms with E-state index >= 15 is 0 Å². The van der Waals surface area contributed by atoms with Crippen LogP contribution < -0.4 is 4.90 Å². The van der Waals surface area contributed by atoms with Crippen LogP contribution in [-0.4, -0.2) is 34.1 Å². The number of piperidine rings is 1. The highest BCUT2D eigenvalue weighted by Crippen LogP contribution is 2.35. The van der Waals surface area contributed by atoms with E-state index in [-0.39, 0.29) is 18.2 Å². The molecule has 0 bridgehead atoms. The minimum absolute atomic E-state index is 0.0255. The molecule has 1 unspecified atom stereocenters. The molecule has 29 heavy (non-hydrogen) atoms. The van der Waals surface area contributed by atoms with E-state index in [1.807, 2.05) is 19.1 Å². The molecule has 3 rings (SSSR count). The van der Waals surface area contributed by atoms with E-state index < -0.39 is 23.0 Å². The summed E-state index contributed by atoms with van der Waals surface area (Å²) in [7, 11) is 0. The van der Waals surface area contributed by atoms with Gasteiger partial charge >= 0.3 is 6.18 Å². The predicted octanol–water partition coefficient (Wildman–Crippen LogP) is 4.32. The number of nitrogens with zero attached hydrogens (tertiary/aromatic N) is 4. The van der Waals surface area contributed by atoms with Gasteiger partial charge in [-0.3, -0.25) is 4.68 Å². The Balaban J connectivity index is 1.63. The van der Waals surface area contributed by atoms with Crippen LogP contribution in [0.3, 0.4) is 0 Å². The van der Waals surface area contributed by atoms with Gasteiger partial charge in [-0.2, -0.15) is 23.5 Å². The molecule has 1 aliphatic rings. The number of alkyl halides is 3. The zero-order chi connectivity index (χ0) is 21.3. The number of halogens is 4. The fourth-order valence-electron chi connectivity index (χ4n) is 3.72. The Morgan fingerprint density at radius 3 is 2.48 bits per heavy atom. The topological polar surface area (TPSA) is 65.1 Å². The molecule has 0 spiro atoms. The lowest BCUT2D eigenvalue weighted by molar-refractivity contribution is -0.141. The van der Waals surface area contributed by atoms with Gasteiger partial charge in [-0.05, 0) is 56.4 Å². The average molecular weight is 427 g/mol. The van der Waals surface area contributed by atoms with E-state index in [1.165, 1.54) is 6.92 Å². The second-order valence-corrected chi connectivity index (χ2v) is 7.81. The molecule has 1 saturated heterocycles. The van der Waals surface area contributed by atoms with E-state index in [0.717, 1.165) is 29.0 Å². The molecule has 0 aliphatic carbocycles. The molecular weight excluding hydrogens is 405 g/mol. The van der Waals surface area contributed by atoms with Crippen molar-refractivity contribution >= 4 is 17.3 Å². The monoisotopic (exact) mass is 426 g/mol. The fraction of sp³-hybridized carbons (Fsp3) is 0.500. The minimum Gasteiger partial charge on any atom is -0.391 e. The average Bonchev–Trinajstić information content (AvgIpc) is 2.96. The lowest BCUT2D eigenvalue weighted by Crippen LogP contribution is -2.39. The lowest BCUT2D eigenvalue weighted by Gasteiger charge is -2.36. The summed E-state index contributed by atoms with van der Waals surface area (Å²) >= 11 is 5.78. The van der Waals surface area contributed by atoms with Crippen LogP contribution in [0.2, 0.25) is 5.02 Å². The molecule has 1 fully saturated rings. The predicted molar refractivity (Wildman–Crippen MR) is 104 cm³/mol. The molecule has 0 saturated carbocycles. The minimum atomic E-state index is -4.62. The van der Waals surface area contributed by atoms with Crippen molar-refractivity contribution in [3.05, 3.63) is 45.7 Å². The van der Waals surface area contributed by atoms with Gasteiger partial charge in [-0.25, -0.2) is 0 Å². The first kappa shape index (κ1) is 21.5. The summed E-state index contributed by atoms with van der Waals surface area (Å²) in [6.07, 6.45) is -4.01. The molecule has 0 radical (unpaired) electrons. The van der Waals surface area contributed by atoms with E-state index in [9.17, 15) is 18.3 Å². The van der Waals surface area contributed by atoms with Gasteiger partial charge in [-0.1, -0.05) is 11.6 Å². The van der Waals surface area contributed by atoms with Gasteiger partial charge in [-0.15, -0.1) is 0 Å². The normalized spacial score (nSPS) is 16.7. The summed E-state index contributed by atoms with van der Waals surface area (Å²) in [5.41, 5.74) is 1.67. The first-order valence-electron chi connectivity index (χ1n) is 9.35. The van der Waals surface area contributed by atoms with Crippen LogP contribution >= 0.6 is 11.6 Å². The van der Waals surface area contributed by atoms with Crippen LogP contribution in [0.15, 0.2) is 18.2 Å². The van der Waals surface area contributed by atoms with Crippen molar-refractivity contribution < 1.29 is 18.3 Å². The second-order valence-electron chi connectivity index (χ2n) is 7.43. The van der Waals surface area contributed by atoms with Crippen LogP contribution in [0.1, 0.15) is 35.4 Å². The number of benzene rings is 1. The highest BCUT2D eigenvalue weighted by atomic mass is 35.5. The summed E-state index contributed by atoms with van der Waals surface area (Å²) in [4.78, 5) is 2.19. The molecule has 1 N–H and O–H groups in total. The molecule has 1 aliphatic heterocycles. The molecule has 9 heteroatoms. The number of hydrogen-bond acceptors (Lipinski definition) is 4. The maximum atomic E-state index is 13.0. The largest absolute Gasteiger partial charge is 0.436 e. The van der Waals surface area contributed by atoms with E-state index in [2.05, 4.69) is 16.1 Å². The summed E-state index contributed by atoms with van der Waals surface area (Å²) in [5.74, 6) is -0.0394. The number of anilines is 1. The SMILES string of the molecule is Cc1cc(N2CCC(C(O)Cn3nc(C(F)(F)F)c(Cl)c3C)CC2)ccc1C#N. The molecule has 0 amide bonds. The van der Waals surface area contributed by atoms with Gasteiger partial charge in [0, 0.05) is 18.8 Å². The smallest absolute Gasteiger partial charge is 0.391 e. The van der Waals surface area contributed by atoms with Crippen molar-refractivity contribution in [2.24, 2.45) is 5.92 Å². The van der Waals surface area contributed by atoms with E-state index in [0.29, 0.717) is 18.4 Å². The molecule has 2 aromatic rings. The molecule has 1 aromatic carbocycles. The maximum absolute atomic E-state index is 13.0. The molecule has 1 aromatic heterocycles. The maximum Gasteiger partial charge on any atom is 0.436 e. The van der Waals surface area contributed by atoms with Crippen LogP contribution in [-0.2, 0) is 12.7 Å². The quantitative estimate of drug-likeness (QED) is 0.790. The van der Waals surface area contributed by atoms with Gasteiger partial charge in [0.2, 0.25) is 0 Å². The van der Waals surface area contributed by atoms with Crippen molar-refractivity contribution in [3.63, 3.8) is 0 Å². The zero-order valence-corrected chi connectivity index (χ0v) is 16.9. The van der Waals surface area contributed by atoms with Crippen LogP contribution in [0, 0.1) is 31.1 Å². The first-order chi connectivity index (χ1) is 13.6. The van der Waals surface area contributed by atoms with E-state index in [1.54, 1.807) is 6.07 Å².